The molecule has 2 aliphatic rings. The summed E-state index contributed by atoms with van der Waals surface area (Å²) in [5.74, 6) is 4.17. The molecule has 3 aromatic rings. The van der Waals surface area contributed by atoms with Gasteiger partial charge in [0.05, 0.1) is 6.54 Å². The van der Waals surface area contributed by atoms with E-state index in [-0.39, 0.29) is 0 Å². The molecule has 5 rings (SSSR count). The van der Waals surface area contributed by atoms with Crippen LogP contribution in [0.1, 0.15) is 51.2 Å². The smallest absolute Gasteiger partial charge is 0.232 e. The van der Waals surface area contributed by atoms with Crippen LogP contribution >= 0.6 is 12.2 Å². The van der Waals surface area contributed by atoms with Gasteiger partial charge in [0.25, 0.3) is 0 Å². The summed E-state index contributed by atoms with van der Waals surface area (Å²) >= 11 is 5.59. The Labute approximate surface area is 212 Å². The fraction of sp³-hybridized carbons (Fsp3) is 0.444. The summed E-state index contributed by atoms with van der Waals surface area (Å²) in [4.78, 5) is 14.5. The molecule has 2 aliphatic heterocycles. The third-order valence-corrected chi connectivity index (χ3v) is 7.09. The van der Waals surface area contributed by atoms with E-state index in [1.165, 1.54) is 38.5 Å². The second kappa shape index (κ2) is 11.1. The Hall–Kier alpha value is -3.13. The topological polar surface area (TPSA) is 69.5 Å². The number of anilines is 3. The molecule has 2 N–H and O–H groups in total. The van der Waals surface area contributed by atoms with Gasteiger partial charge in [-0.25, -0.2) is 0 Å². The molecule has 0 bridgehead atoms. The average molecular weight is 491 g/mol. The van der Waals surface area contributed by atoms with Crippen LogP contribution in [0.25, 0.3) is 11.3 Å². The first-order valence-corrected chi connectivity index (χ1v) is 13.2. The molecule has 35 heavy (non-hydrogen) atoms. The minimum absolute atomic E-state index is 0.476. The van der Waals surface area contributed by atoms with Gasteiger partial charge < -0.3 is 24.9 Å². The lowest BCUT2D eigenvalue weighted by atomic mass is 10.0. The van der Waals surface area contributed by atoms with Crippen LogP contribution in [0, 0.1) is 0 Å². The van der Waals surface area contributed by atoms with Gasteiger partial charge >= 0.3 is 0 Å². The van der Waals surface area contributed by atoms with Gasteiger partial charge in [-0.1, -0.05) is 30.3 Å². The maximum absolute atomic E-state index is 5.98. The molecule has 1 unspecified atom stereocenters. The molecular weight excluding hydrogens is 456 g/mol. The molecule has 1 atom stereocenters. The van der Waals surface area contributed by atoms with Crippen LogP contribution < -0.4 is 20.4 Å². The van der Waals surface area contributed by atoms with Crippen LogP contribution in [0.15, 0.2) is 52.9 Å². The quantitative estimate of drug-likeness (QED) is 0.433. The summed E-state index contributed by atoms with van der Waals surface area (Å²) in [6.45, 7) is 5.88. The van der Waals surface area contributed by atoms with E-state index in [4.69, 9.17) is 26.6 Å². The molecule has 2 saturated heterocycles. The Morgan fingerprint density at radius 2 is 1.74 bits per heavy atom. The summed E-state index contributed by atoms with van der Waals surface area (Å²) in [5, 5.41) is 6.95. The number of benzene rings is 1. The Morgan fingerprint density at radius 1 is 0.971 bits per heavy atom. The standard InChI is InChI=1S/C27H34N6OS/c1-20-10-6-9-17-33(20)25-18-24(32-15-7-3-8-16-32)29-26(30-25)31-27(35)28-19-22-13-14-23(34-22)21-11-4-2-5-12-21/h2,4-5,11-14,18,20H,3,6-10,15-17,19H2,1H3,(H2,28,29,30,31,35). The van der Waals surface area contributed by atoms with E-state index < -0.39 is 0 Å². The Balaban J connectivity index is 1.28. The largest absolute Gasteiger partial charge is 0.459 e. The van der Waals surface area contributed by atoms with Crippen molar-refractivity contribution < 1.29 is 4.42 Å². The highest BCUT2D eigenvalue weighted by molar-refractivity contribution is 7.80. The van der Waals surface area contributed by atoms with Crippen molar-refractivity contribution >= 4 is 34.9 Å². The lowest BCUT2D eigenvalue weighted by Gasteiger charge is -2.35. The lowest BCUT2D eigenvalue weighted by molar-refractivity contribution is 0.481. The number of hydrogen-bond donors (Lipinski definition) is 2. The summed E-state index contributed by atoms with van der Waals surface area (Å²) in [6.07, 6.45) is 7.37. The number of aromatic nitrogens is 2. The van der Waals surface area contributed by atoms with E-state index in [0.717, 1.165) is 48.4 Å². The van der Waals surface area contributed by atoms with Crippen LogP contribution in [0.3, 0.4) is 0 Å². The number of furan rings is 1. The molecule has 1 aromatic carbocycles. The molecule has 0 spiro atoms. The minimum Gasteiger partial charge on any atom is -0.459 e. The SMILES string of the molecule is CC1CCCCN1c1cc(N2CCCCC2)nc(NC(=S)NCc2ccc(-c3ccccc3)o2)n1. The molecule has 184 valence electrons. The van der Waals surface area contributed by atoms with Crippen molar-refractivity contribution in [2.24, 2.45) is 0 Å². The van der Waals surface area contributed by atoms with Gasteiger partial charge in [-0.2, -0.15) is 9.97 Å². The summed E-state index contributed by atoms with van der Waals surface area (Å²) < 4.78 is 5.98. The minimum atomic E-state index is 0.476. The predicted octanol–water partition coefficient (Wildman–Crippen LogP) is 5.59. The van der Waals surface area contributed by atoms with Crippen LogP contribution in [0.4, 0.5) is 17.6 Å². The number of thiocarbonyl (C=S) groups is 1. The van der Waals surface area contributed by atoms with Gasteiger partial charge in [-0.05, 0) is 69.8 Å². The summed E-state index contributed by atoms with van der Waals surface area (Å²) in [6, 6.07) is 16.7. The maximum atomic E-state index is 5.98. The fourth-order valence-electron chi connectivity index (χ4n) is 4.89. The monoisotopic (exact) mass is 490 g/mol. The van der Waals surface area contributed by atoms with Gasteiger partial charge in [0, 0.05) is 37.3 Å². The second-order valence-electron chi connectivity index (χ2n) is 9.43. The maximum Gasteiger partial charge on any atom is 0.232 e. The third kappa shape index (κ3) is 5.93. The fourth-order valence-corrected chi connectivity index (χ4v) is 5.06. The first kappa shape index (κ1) is 23.6. The Bertz CT molecular complexity index is 1130. The van der Waals surface area contributed by atoms with Gasteiger partial charge in [-0.3, -0.25) is 0 Å². The van der Waals surface area contributed by atoms with E-state index in [1.807, 2.05) is 42.5 Å². The average Bonchev–Trinajstić information content (AvgIpc) is 3.38. The molecule has 0 aliphatic carbocycles. The zero-order valence-electron chi connectivity index (χ0n) is 20.4. The highest BCUT2D eigenvalue weighted by Crippen LogP contribution is 2.28. The van der Waals surface area contributed by atoms with Crippen molar-refractivity contribution in [1.82, 2.24) is 15.3 Å². The Kier molecular flexibility index (Phi) is 7.47. The van der Waals surface area contributed by atoms with Gasteiger partial charge in [0.1, 0.15) is 23.2 Å². The van der Waals surface area contributed by atoms with E-state index in [0.29, 0.717) is 23.6 Å². The van der Waals surface area contributed by atoms with Crippen LogP contribution in [-0.2, 0) is 6.54 Å². The molecule has 0 saturated carbocycles. The van der Waals surface area contributed by atoms with Gasteiger partial charge in [0.15, 0.2) is 5.11 Å². The molecule has 4 heterocycles. The Morgan fingerprint density at radius 3 is 2.54 bits per heavy atom. The van der Waals surface area contributed by atoms with Gasteiger partial charge in [-0.15, -0.1) is 0 Å². The first-order valence-electron chi connectivity index (χ1n) is 12.8. The normalized spacial score (nSPS) is 18.4. The van der Waals surface area contributed by atoms with Crippen molar-refractivity contribution in [2.75, 3.05) is 34.8 Å². The highest BCUT2D eigenvalue weighted by Gasteiger charge is 2.23. The van der Waals surface area contributed by atoms with Crippen molar-refractivity contribution in [1.29, 1.82) is 0 Å². The summed E-state index contributed by atoms with van der Waals surface area (Å²) in [5.41, 5.74) is 1.06. The van der Waals surface area contributed by atoms with Crippen LogP contribution in [0.2, 0.25) is 0 Å². The molecule has 2 fully saturated rings. The van der Waals surface area contributed by atoms with E-state index in [9.17, 15) is 0 Å². The molecular formula is C27H34N6OS. The van der Waals surface area contributed by atoms with Crippen molar-refractivity contribution in [3.05, 3.63) is 54.3 Å². The number of piperidine rings is 2. The zero-order chi connectivity index (χ0) is 24.0. The molecule has 0 radical (unpaired) electrons. The third-order valence-electron chi connectivity index (χ3n) is 6.84. The van der Waals surface area contributed by atoms with E-state index in [1.54, 1.807) is 0 Å². The first-order chi connectivity index (χ1) is 17.2. The zero-order valence-corrected chi connectivity index (χ0v) is 21.2. The van der Waals surface area contributed by atoms with Crippen molar-refractivity contribution in [2.45, 2.75) is 58.0 Å². The predicted molar refractivity (Wildman–Crippen MR) is 146 cm³/mol. The van der Waals surface area contributed by atoms with E-state index >= 15 is 0 Å². The van der Waals surface area contributed by atoms with Crippen LogP contribution in [-0.4, -0.2) is 40.8 Å². The number of nitrogens with zero attached hydrogens (tertiary/aromatic N) is 4. The van der Waals surface area contributed by atoms with E-state index in [2.05, 4.69) is 33.4 Å². The molecule has 8 heteroatoms. The second-order valence-corrected chi connectivity index (χ2v) is 9.84. The summed E-state index contributed by atoms with van der Waals surface area (Å²) in [7, 11) is 0. The van der Waals surface area contributed by atoms with Crippen molar-refractivity contribution in [3.63, 3.8) is 0 Å². The lowest BCUT2D eigenvalue weighted by Crippen LogP contribution is -2.39. The number of nitrogens with one attached hydrogen (secondary N) is 2. The van der Waals surface area contributed by atoms with Crippen molar-refractivity contribution in [3.8, 4) is 11.3 Å². The van der Waals surface area contributed by atoms with Crippen LogP contribution in [0.5, 0.6) is 0 Å². The molecule has 2 aromatic heterocycles. The molecule has 0 amide bonds. The highest BCUT2D eigenvalue weighted by atomic mass is 32.1. The van der Waals surface area contributed by atoms with Gasteiger partial charge in [0.2, 0.25) is 5.95 Å². The number of rotatable bonds is 6. The number of hydrogen-bond acceptors (Lipinski definition) is 6. The molecule has 7 nitrogen and oxygen atoms in total.